The molecule has 0 spiro atoms. The topological polar surface area (TPSA) is 61.0 Å². The van der Waals surface area contributed by atoms with Crippen LogP contribution in [0.25, 0.3) is 0 Å². The fourth-order valence-electron chi connectivity index (χ4n) is 2.75. The Bertz CT molecular complexity index is 622. The molecule has 2 N–H and O–H groups in total. The molecule has 0 atom stereocenters. The second-order valence-electron chi connectivity index (χ2n) is 5.68. The molecular formula is C18H26N4O. The predicted molar refractivity (Wildman–Crippen MR) is 95.0 cm³/mol. The third-order valence-electron chi connectivity index (χ3n) is 4.16. The van der Waals surface area contributed by atoms with Crippen molar-refractivity contribution >= 4 is 17.3 Å². The van der Waals surface area contributed by atoms with Crippen molar-refractivity contribution in [3.05, 3.63) is 41.2 Å². The molecular weight excluding hydrogens is 288 g/mol. The van der Waals surface area contributed by atoms with Gasteiger partial charge < -0.3 is 10.2 Å². The molecule has 2 aromatic rings. The Hall–Kier alpha value is -2.30. The normalized spacial score (nSPS) is 10.6. The number of nitrogens with one attached hydrogen (secondary N) is 2. The Morgan fingerprint density at radius 2 is 1.83 bits per heavy atom. The molecule has 0 bridgehead atoms. The highest BCUT2D eigenvalue weighted by atomic mass is 16.1. The molecule has 1 aromatic carbocycles. The quantitative estimate of drug-likeness (QED) is 0.823. The van der Waals surface area contributed by atoms with Crippen molar-refractivity contribution in [2.45, 2.75) is 40.5 Å². The van der Waals surface area contributed by atoms with Crippen LogP contribution in [0.1, 0.15) is 37.2 Å². The number of amides is 1. The van der Waals surface area contributed by atoms with Gasteiger partial charge in [0.05, 0.1) is 5.69 Å². The van der Waals surface area contributed by atoms with Gasteiger partial charge in [0, 0.05) is 36.6 Å². The average molecular weight is 314 g/mol. The molecule has 1 amide bonds. The van der Waals surface area contributed by atoms with Gasteiger partial charge in [-0.2, -0.15) is 5.10 Å². The largest absolute Gasteiger partial charge is 0.372 e. The summed E-state index contributed by atoms with van der Waals surface area (Å²) in [5.41, 5.74) is 5.17. The van der Waals surface area contributed by atoms with Crippen LogP contribution in [-0.4, -0.2) is 29.2 Å². The van der Waals surface area contributed by atoms with Crippen LogP contribution in [0.2, 0.25) is 0 Å². The molecule has 0 aliphatic carbocycles. The van der Waals surface area contributed by atoms with Gasteiger partial charge in [0.2, 0.25) is 5.91 Å². The van der Waals surface area contributed by atoms with E-state index in [9.17, 15) is 4.79 Å². The Morgan fingerprint density at radius 1 is 1.17 bits per heavy atom. The summed E-state index contributed by atoms with van der Waals surface area (Å²) in [4.78, 5) is 14.4. The van der Waals surface area contributed by atoms with Crippen molar-refractivity contribution in [1.29, 1.82) is 0 Å². The van der Waals surface area contributed by atoms with E-state index in [1.807, 2.05) is 38.1 Å². The third-order valence-corrected chi connectivity index (χ3v) is 4.16. The highest BCUT2D eigenvalue weighted by molar-refractivity contribution is 5.91. The molecule has 0 aliphatic rings. The monoisotopic (exact) mass is 314 g/mol. The summed E-state index contributed by atoms with van der Waals surface area (Å²) in [5, 5.41) is 10.1. The number of aromatic nitrogens is 2. The van der Waals surface area contributed by atoms with Gasteiger partial charge in [-0.15, -0.1) is 0 Å². The lowest BCUT2D eigenvalue weighted by atomic mass is 10.1. The van der Waals surface area contributed by atoms with Crippen LogP contribution in [-0.2, 0) is 11.2 Å². The minimum Gasteiger partial charge on any atom is -0.372 e. The molecule has 1 aromatic heterocycles. The molecule has 5 heteroatoms. The van der Waals surface area contributed by atoms with E-state index in [1.165, 1.54) is 5.69 Å². The van der Waals surface area contributed by atoms with E-state index in [-0.39, 0.29) is 5.91 Å². The summed E-state index contributed by atoms with van der Waals surface area (Å²) in [7, 11) is 0. The second-order valence-corrected chi connectivity index (χ2v) is 5.68. The summed E-state index contributed by atoms with van der Waals surface area (Å²) in [6, 6.07) is 8.01. The molecule has 0 radical (unpaired) electrons. The first-order valence-corrected chi connectivity index (χ1v) is 8.20. The first-order valence-electron chi connectivity index (χ1n) is 8.20. The number of aromatic amines is 1. The average Bonchev–Trinajstić information content (AvgIpc) is 2.87. The molecule has 23 heavy (non-hydrogen) atoms. The van der Waals surface area contributed by atoms with E-state index in [1.54, 1.807) is 0 Å². The van der Waals surface area contributed by atoms with Crippen LogP contribution in [0.5, 0.6) is 0 Å². The van der Waals surface area contributed by atoms with Crippen molar-refractivity contribution in [2.24, 2.45) is 0 Å². The number of hydrogen-bond donors (Lipinski definition) is 2. The summed E-state index contributed by atoms with van der Waals surface area (Å²) < 4.78 is 0. The molecule has 0 aliphatic heterocycles. The number of nitrogens with zero attached hydrogens (tertiary/aromatic N) is 2. The lowest BCUT2D eigenvalue weighted by Crippen LogP contribution is -2.21. The first-order chi connectivity index (χ1) is 11.0. The fourth-order valence-corrected chi connectivity index (χ4v) is 2.75. The number of rotatable bonds is 7. The fraction of sp³-hybridized carbons (Fsp3) is 0.444. The van der Waals surface area contributed by atoms with E-state index >= 15 is 0 Å². The van der Waals surface area contributed by atoms with Gasteiger partial charge >= 0.3 is 0 Å². The number of H-pyrrole nitrogens is 1. The van der Waals surface area contributed by atoms with Gasteiger partial charge in [0.25, 0.3) is 0 Å². The number of hydrogen-bond acceptors (Lipinski definition) is 3. The third kappa shape index (κ3) is 4.34. The van der Waals surface area contributed by atoms with E-state index in [2.05, 4.69) is 34.3 Å². The zero-order chi connectivity index (χ0) is 16.8. The minimum atomic E-state index is 0.0283. The van der Waals surface area contributed by atoms with Crippen LogP contribution in [0, 0.1) is 13.8 Å². The smallest absolute Gasteiger partial charge is 0.224 e. The zero-order valence-corrected chi connectivity index (χ0v) is 14.4. The summed E-state index contributed by atoms with van der Waals surface area (Å²) >= 11 is 0. The molecule has 124 valence electrons. The van der Waals surface area contributed by atoms with Crippen LogP contribution < -0.4 is 10.2 Å². The molecule has 0 unspecified atom stereocenters. The first kappa shape index (κ1) is 17.1. The molecule has 5 nitrogen and oxygen atoms in total. The van der Waals surface area contributed by atoms with E-state index in [0.29, 0.717) is 12.8 Å². The minimum absolute atomic E-state index is 0.0283. The maximum atomic E-state index is 12.1. The van der Waals surface area contributed by atoms with Crippen molar-refractivity contribution in [3.63, 3.8) is 0 Å². The maximum absolute atomic E-state index is 12.1. The Kier molecular flexibility index (Phi) is 5.79. The lowest BCUT2D eigenvalue weighted by molar-refractivity contribution is -0.116. The highest BCUT2D eigenvalue weighted by Gasteiger charge is 2.09. The number of benzene rings is 1. The lowest BCUT2D eigenvalue weighted by Gasteiger charge is -2.21. The number of carbonyl (C=O) groups excluding carboxylic acids is 1. The van der Waals surface area contributed by atoms with Crippen molar-refractivity contribution in [2.75, 3.05) is 23.3 Å². The molecule has 0 fully saturated rings. The Balaban J connectivity index is 1.90. The van der Waals surface area contributed by atoms with E-state index in [0.717, 1.165) is 35.7 Å². The molecule has 0 saturated carbocycles. The standard InChI is InChI=1S/C18H26N4O/c1-5-22(6-2)16-9-7-15(8-10-16)19-18(23)12-11-17-13(3)20-21-14(17)4/h7-10H,5-6,11-12H2,1-4H3,(H,19,23)(H,20,21). The van der Waals surface area contributed by atoms with Gasteiger partial charge in [0.1, 0.15) is 0 Å². The van der Waals surface area contributed by atoms with Gasteiger partial charge in [-0.25, -0.2) is 0 Å². The number of anilines is 2. The van der Waals surface area contributed by atoms with Crippen molar-refractivity contribution in [3.8, 4) is 0 Å². The number of aryl methyl sites for hydroxylation is 2. The van der Waals surface area contributed by atoms with Crippen molar-refractivity contribution in [1.82, 2.24) is 10.2 Å². The summed E-state index contributed by atoms with van der Waals surface area (Å²) in [6.45, 7) is 10.2. The molecule has 1 heterocycles. The van der Waals surface area contributed by atoms with Crippen LogP contribution in [0.3, 0.4) is 0 Å². The van der Waals surface area contributed by atoms with Gasteiger partial charge in [0.15, 0.2) is 0 Å². The predicted octanol–water partition coefficient (Wildman–Crippen LogP) is 3.44. The molecule has 2 rings (SSSR count). The number of carbonyl (C=O) groups is 1. The van der Waals surface area contributed by atoms with Gasteiger partial charge in [-0.1, -0.05) is 0 Å². The van der Waals surface area contributed by atoms with E-state index < -0.39 is 0 Å². The summed E-state index contributed by atoms with van der Waals surface area (Å²) in [5.74, 6) is 0.0283. The van der Waals surface area contributed by atoms with Gasteiger partial charge in [-0.05, 0) is 63.9 Å². The SMILES string of the molecule is CCN(CC)c1ccc(NC(=O)CCc2c(C)n[nH]c2C)cc1. The molecule has 0 saturated heterocycles. The van der Waals surface area contributed by atoms with Gasteiger partial charge in [-0.3, -0.25) is 9.89 Å². The highest BCUT2D eigenvalue weighted by Crippen LogP contribution is 2.18. The van der Waals surface area contributed by atoms with Crippen molar-refractivity contribution < 1.29 is 4.79 Å². The summed E-state index contributed by atoms with van der Waals surface area (Å²) in [6.07, 6.45) is 1.16. The zero-order valence-electron chi connectivity index (χ0n) is 14.4. The maximum Gasteiger partial charge on any atom is 0.224 e. The second kappa shape index (κ2) is 7.81. The Labute approximate surface area is 138 Å². The Morgan fingerprint density at radius 3 is 2.35 bits per heavy atom. The van der Waals surface area contributed by atoms with E-state index in [4.69, 9.17) is 0 Å². The van der Waals surface area contributed by atoms with Crippen LogP contribution in [0.15, 0.2) is 24.3 Å². The van der Waals surface area contributed by atoms with Crippen LogP contribution in [0.4, 0.5) is 11.4 Å². The van der Waals surface area contributed by atoms with Crippen LogP contribution >= 0.6 is 0 Å².